The zero-order valence-corrected chi connectivity index (χ0v) is 43.2. The minimum atomic E-state index is 0. The number of benzene rings is 2. The van der Waals surface area contributed by atoms with Crippen molar-refractivity contribution in [3.8, 4) is 0 Å². The first-order valence-electron chi connectivity index (χ1n) is 27.3. The van der Waals surface area contributed by atoms with E-state index < -0.39 is 0 Å². The predicted molar refractivity (Wildman–Crippen MR) is 272 cm³/mol. The summed E-state index contributed by atoms with van der Waals surface area (Å²) in [4.78, 5) is 0. The molecule has 0 N–H and O–H groups in total. The molecule has 1 heteroatoms. The van der Waals surface area contributed by atoms with Crippen LogP contribution in [0.5, 0.6) is 0 Å². The Balaban J connectivity index is 0.0000174. The SMILES string of the molecule is CCCCCCCCCCCCCCCCc1cc2ccccc2c(CCCCCCCCCCCCCCCC)c1CCCCCCCCCCCCCCCC.[Na]. The Bertz CT molecular complexity index is 1130. The number of hydrogen-bond donors (Lipinski definition) is 0. The molecule has 2 aromatic rings. The molecule has 0 bridgehead atoms. The summed E-state index contributed by atoms with van der Waals surface area (Å²) in [5.74, 6) is 0. The van der Waals surface area contributed by atoms with E-state index in [0.717, 1.165) is 0 Å². The maximum Gasteiger partial charge on any atom is 0 e. The van der Waals surface area contributed by atoms with Crippen molar-refractivity contribution in [2.45, 2.75) is 310 Å². The van der Waals surface area contributed by atoms with E-state index in [1.165, 1.54) is 294 Å². The second-order valence-corrected chi connectivity index (χ2v) is 19.3. The van der Waals surface area contributed by atoms with Gasteiger partial charge in [0.2, 0.25) is 0 Å². The first kappa shape index (κ1) is 56.7. The van der Waals surface area contributed by atoms with Crippen molar-refractivity contribution in [2.75, 3.05) is 0 Å². The monoisotopic (exact) mass is 824 g/mol. The summed E-state index contributed by atoms with van der Waals surface area (Å²) in [5.41, 5.74) is 5.24. The van der Waals surface area contributed by atoms with Gasteiger partial charge in [-0.15, -0.1) is 0 Å². The molecule has 0 fully saturated rings. The molecular weight excluding hydrogens is 720 g/mol. The zero-order valence-electron chi connectivity index (χ0n) is 41.2. The molecule has 59 heavy (non-hydrogen) atoms. The van der Waals surface area contributed by atoms with E-state index in [-0.39, 0.29) is 29.6 Å². The van der Waals surface area contributed by atoms with Gasteiger partial charge in [0.1, 0.15) is 0 Å². The molecule has 337 valence electrons. The first-order chi connectivity index (χ1) is 28.8. The van der Waals surface area contributed by atoms with E-state index in [2.05, 4.69) is 51.1 Å². The Morgan fingerprint density at radius 1 is 0.271 bits per heavy atom. The molecule has 0 saturated heterocycles. The summed E-state index contributed by atoms with van der Waals surface area (Å²) in [6.45, 7) is 6.96. The molecule has 0 spiro atoms. The quantitative estimate of drug-likeness (QED) is 0.0461. The van der Waals surface area contributed by atoms with Crippen LogP contribution in [0.25, 0.3) is 10.8 Å². The summed E-state index contributed by atoms with van der Waals surface area (Å²) >= 11 is 0. The number of fused-ring (bicyclic) bond motifs is 1. The Hall–Kier alpha value is -0.300. The molecule has 0 heterocycles. The molecule has 0 nitrogen and oxygen atoms in total. The second-order valence-electron chi connectivity index (χ2n) is 19.3. The number of unbranched alkanes of at least 4 members (excludes halogenated alkanes) is 39. The zero-order chi connectivity index (χ0) is 41.2. The van der Waals surface area contributed by atoms with Crippen LogP contribution in [-0.2, 0) is 19.3 Å². The van der Waals surface area contributed by atoms with Crippen molar-refractivity contribution < 1.29 is 0 Å². The molecule has 0 aliphatic rings. The van der Waals surface area contributed by atoms with Crippen molar-refractivity contribution in [1.29, 1.82) is 0 Å². The average Bonchev–Trinajstić information content (AvgIpc) is 3.24. The van der Waals surface area contributed by atoms with Gasteiger partial charge in [0.15, 0.2) is 0 Å². The fraction of sp³-hybridized carbons (Fsp3) is 0.828. The second kappa shape index (κ2) is 44.3. The van der Waals surface area contributed by atoms with Crippen molar-refractivity contribution >= 4 is 40.3 Å². The van der Waals surface area contributed by atoms with Gasteiger partial charge in [-0.1, -0.05) is 302 Å². The molecule has 0 unspecified atom stereocenters. The van der Waals surface area contributed by atoms with E-state index in [1.54, 1.807) is 22.1 Å². The van der Waals surface area contributed by atoms with Crippen LogP contribution in [0, 0.1) is 0 Å². The van der Waals surface area contributed by atoms with Crippen molar-refractivity contribution in [3.05, 3.63) is 47.0 Å². The molecule has 0 saturated carbocycles. The van der Waals surface area contributed by atoms with Gasteiger partial charge < -0.3 is 0 Å². The molecule has 0 amide bonds. The van der Waals surface area contributed by atoms with Gasteiger partial charge in [-0.25, -0.2) is 0 Å². The van der Waals surface area contributed by atoms with E-state index in [1.807, 2.05) is 0 Å². The number of aryl methyl sites for hydroxylation is 2. The molecular formula is C58H104Na. The van der Waals surface area contributed by atoms with E-state index in [0.29, 0.717) is 0 Å². The van der Waals surface area contributed by atoms with Crippen LogP contribution in [-0.4, -0.2) is 29.6 Å². The molecule has 0 atom stereocenters. The summed E-state index contributed by atoms with van der Waals surface area (Å²) in [6, 6.07) is 12.1. The minimum absolute atomic E-state index is 0. The molecule has 0 aliphatic carbocycles. The first-order valence-corrected chi connectivity index (χ1v) is 27.3. The van der Waals surface area contributed by atoms with Crippen molar-refractivity contribution in [3.63, 3.8) is 0 Å². The molecule has 2 aromatic carbocycles. The third kappa shape index (κ3) is 32.1. The Morgan fingerprint density at radius 2 is 0.525 bits per heavy atom. The summed E-state index contributed by atoms with van der Waals surface area (Å²) in [5, 5.41) is 3.08. The average molecular weight is 824 g/mol. The van der Waals surface area contributed by atoms with Crippen LogP contribution in [0.1, 0.15) is 307 Å². The topological polar surface area (TPSA) is 0 Å². The van der Waals surface area contributed by atoms with E-state index in [9.17, 15) is 0 Å². The molecule has 0 aliphatic heterocycles. The van der Waals surface area contributed by atoms with Crippen LogP contribution >= 0.6 is 0 Å². The van der Waals surface area contributed by atoms with Crippen LogP contribution in [0.3, 0.4) is 0 Å². The van der Waals surface area contributed by atoms with E-state index in [4.69, 9.17) is 0 Å². The Labute approximate surface area is 394 Å². The number of hydrogen-bond acceptors (Lipinski definition) is 0. The molecule has 2 rings (SSSR count). The largest absolute Gasteiger partial charge is 0.0654 e. The van der Waals surface area contributed by atoms with Gasteiger partial charge in [0, 0.05) is 29.6 Å². The standard InChI is InChI=1S/C58H104.Na/c1-4-7-10-13-16-19-22-25-28-31-34-37-40-43-48-54-53-55-49-46-47-51-57(55)58(52-45-42-39-36-33-30-27-24-21-18-15-12-9-6-3)56(54)50-44-41-38-35-32-29-26-23-20-17-14-11-8-5-2;/h46-47,49,51,53H,4-45,48,50,52H2,1-3H3;. The third-order valence-electron chi connectivity index (χ3n) is 13.7. The van der Waals surface area contributed by atoms with Gasteiger partial charge in [-0.2, -0.15) is 0 Å². The number of rotatable bonds is 45. The van der Waals surface area contributed by atoms with Gasteiger partial charge in [-0.05, 0) is 66.0 Å². The van der Waals surface area contributed by atoms with Crippen LogP contribution in [0.4, 0.5) is 0 Å². The van der Waals surface area contributed by atoms with Gasteiger partial charge in [-0.3, -0.25) is 0 Å². The fourth-order valence-electron chi connectivity index (χ4n) is 9.85. The van der Waals surface area contributed by atoms with Crippen molar-refractivity contribution in [1.82, 2.24) is 0 Å². The van der Waals surface area contributed by atoms with Crippen LogP contribution in [0.15, 0.2) is 30.3 Å². The van der Waals surface area contributed by atoms with Gasteiger partial charge >= 0.3 is 0 Å². The fourth-order valence-corrected chi connectivity index (χ4v) is 9.85. The van der Waals surface area contributed by atoms with Crippen molar-refractivity contribution in [2.24, 2.45) is 0 Å². The van der Waals surface area contributed by atoms with Crippen LogP contribution < -0.4 is 0 Å². The van der Waals surface area contributed by atoms with E-state index >= 15 is 0 Å². The molecule has 1 radical (unpaired) electrons. The van der Waals surface area contributed by atoms with Gasteiger partial charge in [0.05, 0.1) is 0 Å². The van der Waals surface area contributed by atoms with Gasteiger partial charge in [0.25, 0.3) is 0 Å². The third-order valence-corrected chi connectivity index (χ3v) is 13.7. The summed E-state index contributed by atoms with van der Waals surface area (Å²) in [6.07, 6.45) is 64.5. The molecule has 0 aromatic heterocycles. The normalized spacial score (nSPS) is 11.5. The summed E-state index contributed by atoms with van der Waals surface area (Å²) < 4.78 is 0. The maximum atomic E-state index is 2.63. The summed E-state index contributed by atoms with van der Waals surface area (Å²) in [7, 11) is 0. The maximum absolute atomic E-state index is 2.63. The minimum Gasteiger partial charge on any atom is -0.0654 e. The smallest absolute Gasteiger partial charge is 0 e. The Kier molecular flexibility index (Phi) is 42.6. The Morgan fingerprint density at radius 3 is 0.847 bits per heavy atom. The predicted octanol–water partition coefficient (Wildman–Crippen LogP) is 20.5. The van der Waals surface area contributed by atoms with Crippen LogP contribution in [0.2, 0.25) is 0 Å².